The Labute approximate surface area is 80.3 Å². The molecule has 0 aliphatic rings. The Hall–Kier alpha value is -0.780. The molecular weight excluding hydrogens is 199 g/mol. The fraction of sp³-hybridized carbons (Fsp3) is 0.875. The molecule has 0 aliphatic carbocycles. The fourth-order valence-electron chi connectivity index (χ4n) is 0.829. The van der Waals surface area contributed by atoms with Crippen molar-refractivity contribution in [2.24, 2.45) is 0 Å². The summed E-state index contributed by atoms with van der Waals surface area (Å²) in [6, 6.07) is 0. The number of hydrogen-bond acceptors (Lipinski definition) is 2. The normalized spacial score (nSPS) is 11.4. The standard InChI is InChI=1S/C8H14F3NO2/c9-8(10,11)4-5-12-7(14)3-1-2-6-13/h13H,1-6H2,(H,12,14). The van der Waals surface area contributed by atoms with Crippen molar-refractivity contribution in [3.05, 3.63) is 0 Å². The van der Waals surface area contributed by atoms with Crippen molar-refractivity contribution in [1.82, 2.24) is 5.32 Å². The highest BCUT2D eigenvalue weighted by Crippen LogP contribution is 2.18. The highest BCUT2D eigenvalue weighted by atomic mass is 19.4. The summed E-state index contributed by atoms with van der Waals surface area (Å²) in [6.45, 7) is -0.378. The van der Waals surface area contributed by atoms with Crippen LogP contribution in [0.1, 0.15) is 25.7 Å². The molecule has 84 valence electrons. The lowest BCUT2D eigenvalue weighted by molar-refractivity contribution is -0.135. The van der Waals surface area contributed by atoms with E-state index in [0.29, 0.717) is 12.8 Å². The number of aliphatic hydroxyl groups is 1. The van der Waals surface area contributed by atoms with E-state index in [1.807, 2.05) is 0 Å². The van der Waals surface area contributed by atoms with Gasteiger partial charge in [-0.25, -0.2) is 0 Å². The molecule has 0 radical (unpaired) electrons. The summed E-state index contributed by atoms with van der Waals surface area (Å²) in [5.41, 5.74) is 0. The molecule has 0 rings (SSSR count). The quantitative estimate of drug-likeness (QED) is 0.652. The van der Waals surface area contributed by atoms with Crippen LogP contribution in [0.4, 0.5) is 13.2 Å². The Morgan fingerprint density at radius 3 is 2.43 bits per heavy atom. The van der Waals surface area contributed by atoms with Crippen LogP contribution in [0, 0.1) is 0 Å². The van der Waals surface area contributed by atoms with E-state index in [9.17, 15) is 18.0 Å². The summed E-state index contributed by atoms with van der Waals surface area (Å²) in [5, 5.41) is 10.5. The summed E-state index contributed by atoms with van der Waals surface area (Å²) in [5.74, 6) is -0.400. The summed E-state index contributed by atoms with van der Waals surface area (Å²) in [4.78, 5) is 10.8. The van der Waals surface area contributed by atoms with Gasteiger partial charge in [0.1, 0.15) is 0 Å². The monoisotopic (exact) mass is 213 g/mol. The van der Waals surface area contributed by atoms with Gasteiger partial charge in [-0.05, 0) is 12.8 Å². The molecule has 0 heterocycles. The minimum Gasteiger partial charge on any atom is -0.396 e. The third kappa shape index (κ3) is 9.31. The molecule has 1 amide bonds. The van der Waals surface area contributed by atoms with Crippen molar-refractivity contribution < 1.29 is 23.1 Å². The molecule has 0 bridgehead atoms. The minimum absolute atomic E-state index is 0.00414. The average Bonchev–Trinajstić information content (AvgIpc) is 2.02. The molecular formula is C8H14F3NO2. The van der Waals surface area contributed by atoms with Gasteiger partial charge < -0.3 is 10.4 Å². The summed E-state index contributed by atoms with van der Waals surface area (Å²) in [7, 11) is 0. The average molecular weight is 213 g/mol. The first-order valence-corrected chi connectivity index (χ1v) is 4.40. The van der Waals surface area contributed by atoms with Crippen LogP contribution in [0.3, 0.4) is 0 Å². The van der Waals surface area contributed by atoms with Crippen LogP contribution in [0.2, 0.25) is 0 Å². The van der Waals surface area contributed by atoms with Crippen molar-refractivity contribution in [3.63, 3.8) is 0 Å². The fourth-order valence-corrected chi connectivity index (χ4v) is 0.829. The van der Waals surface area contributed by atoms with Gasteiger partial charge in [0.25, 0.3) is 0 Å². The van der Waals surface area contributed by atoms with Crippen LogP contribution in [0.15, 0.2) is 0 Å². The first kappa shape index (κ1) is 13.2. The SMILES string of the molecule is O=C(CCCCO)NCCC(F)(F)F. The molecule has 14 heavy (non-hydrogen) atoms. The lowest BCUT2D eigenvalue weighted by Crippen LogP contribution is -2.27. The second-order valence-electron chi connectivity index (χ2n) is 2.90. The van der Waals surface area contributed by atoms with Gasteiger partial charge in [-0.3, -0.25) is 4.79 Å². The molecule has 0 saturated carbocycles. The number of rotatable bonds is 6. The number of carbonyl (C=O) groups is 1. The van der Waals surface area contributed by atoms with Gasteiger partial charge in [0.2, 0.25) is 5.91 Å². The highest BCUT2D eigenvalue weighted by molar-refractivity contribution is 5.75. The third-order valence-electron chi connectivity index (χ3n) is 1.54. The first-order chi connectivity index (χ1) is 6.45. The second-order valence-corrected chi connectivity index (χ2v) is 2.90. The Kier molecular flexibility index (Phi) is 6.27. The number of halogens is 3. The van der Waals surface area contributed by atoms with Gasteiger partial charge in [0, 0.05) is 19.6 Å². The minimum atomic E-state index is -4.22. The van der Waals surface area contributed by atoms with E-state index in [2.05, 4.69) is 5.32 Å². The third-order valence-corrected chi connectivity index (χ3v) is 1.54. The smallest absolute Gasteiger partial charge is 0.390 e. The number of alkyl halides is 3. The van der Waals surface area contributed by atoms with Crippen LogP contribution >= 0.6 is 0 Å². The van der Waals surface area contributed by atoms with Crippen molar-refractivity contribution in [2.75, 3.05) is 13.2 Å². The molecule has 0 aromatic heterocycles. The van der Waals surface area contributed by atoms with E-state index in [1.165, 1.54) is 0 Å². The van der Waals surface area contributed by atoms with Gasteiger partial charge in [-0.1, -0.05) is 0 Å². The van der Waals surface area contributed by atoms with Gasteiger partial charge in [0.15, 0.2) is 0 Å². The predicted octanol–water partition coefficient (Wildman–Crippen LogP) is 1.22. The molecule has 0 aromatic carbocycles. The Bertz CT molecular complexity index is 170. The number of carbonyl (C=O) groups excluding carboxylic acids is 1. The number of amides is 1. The summed E-state index contributed by atoms with van der Waals surface area (Å²) in [6.07, 6.45) is -4.07. The number of aliphatic hydroxyl groups excluding tert-OH is 1. The zero-order valence-corrected chi connectivity index (χ0v) is 7.73. The molecule has 0 aromatic rings. The lowest BCUT2D eigenvalue weighted by Gasteiger charge is -2.07. The molecule has 2 N–H and O–H groups in total. The van der Waals surface area contributed by atoms with Crippen LogP contribution in [-0.4, -0.2) is 30.3 Å². The van der Waals surface area contributed by atoms with Crippen LogP contribution in [-0.2, 0) is 4.79 Å². The molecule has 0 unspecified atom stereocenters. The molecule has 0 spiro atoms. The summed E-state index contributed by atoms with van der Waals surface area (Å²) < 4.78 is 34.9. The van der Waals surface area contributed by atoms with Gasteiger partial charge in [0.05, 0.1) is 6.42 Å². The van der Waals surface area contributed by atoms with Crippen LogP contribution < -0.4 is 5.32 Å². The van der Waals surface area contributed by atoms with Crippen molar-refractivity contribution >= 4 is 5.91 Å². The molecule has 6 heteroatoms. The van der Waals surface area contributed by atoms with E-state index < -0.39 is 18.5 Å². The van der Waals surface area contributed by atoms with Gasteiger partial charge >= 0.3 is 6.18 Å². The molecule has 0 saturated heterocycles. The second kappa shape index (κ2) is 6.64. The Morgan fingerprint density at radius 1 is 1.29 bits per heavy atom. The molecule has 3 nitrogen and oxygen atoms in total. The highest BCUT2D eigenvalue weighted by Gasteiger charge is 2.26. The van der Waals surface area contributed by atoms with Crippen molar-refractivity contribution in [2.45, 2.75) is 31.9 Å². The lowest BCUT2D eigenvalue weighted by atomic mass is 10.2. The first-order valence-electron chi connectivity index (χ1n) is 4.40. The maximum absolute atomic E-state index is 11.6. The molecule has 0 fully saturated rings. The van der Waals surface area contributed by atoms with Crippen LogP contribution in [0.25, 0.3) is 0 Å². The number of nitrogens with one attached hydrogen (secondary N) is 1. The Balaban J connectivity index is 3.36. The van der Waals surface area contributed by atoms with Gasteiger partial charge in [-0.2, -0.15) is 13.2 Å². The zero-order valence-electron chi connectivity index (χ0n) is 7.73. The predicted molar refractivity (Wildman–Crippen MR) is 44.6 cm³/mol. The largest absolute Gasteiger partial charge is 0.396 e. The van der Waals surface area contributed by atoms with E-state index >= 15 is 0 Å². The van der Waals surface area contributed by atoms with E-state index in [0.717, 1.165) is 0 Å². The van der Waals surface area contributed by atoms with E-state index in [-0.39, 0.29) is 19.6 Å². The number of unbranched alkanes of at least 4 members (excludes halogenated alkanes) is 1. The topological polar surface area (TPSA) is 49.3 Å². The molecule has 0 aliphatic heterocycles. The van der Waals surface area contributed by atoms with E-state index in [4.69, 9.17) is 5.11 Å². The van der Waals surface area contributed by atoms with Crippen LogP contribution in [0.5, 0.6) is 0 Å². The van der Waals surface area contributed by atoms with Gasteiger partial charge in [-0.15, -0.1) is 0 Å². The summed E-state index contributed by atoms with van der Waals surface area (Å²) >= 11 is 0. The number of hydrogen-bond donors (Lipinski definition) is 2. The maximum atomic E-state index is 11.6. The maximum Gasteiger partial charge on any atom is 0.390 e. The van der Waals surface area contributed by atoms with Crippen molar-refractivity contribution in [1.29, 1.82) is 0 Å². The molecule has 0 atom stereocenters. The Morgan fingerprint density at radius 2 is 1.93 bits per heavy atom. The van der Waals surface area contributed by atoms with Crippen molar-refractivity contribution in [3.8, 4) is 0 Å². The zero-order chi connectivity index (χ0) is 11.0. The van der Waals surface area contributed by atoms with E-state index in [1.54, 1.807) is 0 Å².